The number of pyridine rings is 2. The third kappa shape index (κ3) is 5.36. The number of hydrogen-bond acceptors (Lipinski definition) is 8. The number of likely N-dealkylation sites (tertiary alicyclic amines) is 1. The number of benzene rings is 1. The SMILES string of the molecule is C=CC(=O)N1CCC(Nc2ccc3ncnc(Nc4ccc(OCc5ccccn5)c(Cl)c4)c3n2)C1. The Morgan fingerprint density at radius 3 is 2.92 bits per heavy atom. The maximum absolute atomic E-state index is 11.9. The normalized spacial score (nSPS) is 15.0. The summed E-state index contributed by atoms with van der Waals surface area (Å²) in [5.41, 5.74) is 2.87. The van der Waals surface area contributed by atoms with Crippen LogP contribution in [-0.2, 0) is 11.4 Å². The number of ether oxygens (including phenoxy) is 1. The number of nitrogens with zero attached hydrogens (tertiary/aromatic N) is 5. The summed E-state index contributed by atoms with van der Waals surface area (Å²) < 4.78 is 5.81. The fourth-order valence-corrected chi connectivity index (χ4v) is 4.23. The van der Waals surface area contributed by atoms with Gasteiger partial charge in [-0.15, -0.1) is 0 Å². The van der Waals surface area contributed by atoms with Gasteiger partial charge < -0.3 is 20.3 Å². The molecule has 0 radical (unpaired) electrons. The highest BCUT2D eigenvalue weighted by Crippen LogP contribution is 2.31. The molecule has 0 bridgehead atoms. The van der Waals surface area contributed by atoms with Gasteiger partial charge in [0.05, 0.1) is 16.2 Å². The highest BCUT2D eigenvalue weighted by Gasteiger charge is 2.25. The molecule has 1 aromatic carbocycles. The van der Waals surface area contributed by atoms with Crippen molar-refractivity contribution < 1.29 is 9.53 Å². The van der Waals surface area contributed by atoms with E-state index >= 15 is 0 Å². The molecule has 182 valence electrons. The molecule has 9 nitrogen and oxygen atoms in total. The van der Waals surface area contributed by atoms with Crippen molar-refractivity contribution in [3.63, 3.8) is 0 Å². The van der Waals surface area contributed by atoms with Crippen LogP contribution < -0.4 is 15.4 Å². The molecule has 1 aliphatic heterocycles. The number of carbonyl (C=O) groups excluding carboxylic acids is 1. The topological polar surface area (TPSA) is 105 Å². The average Bonchev–Trinajstić information content (AvgIpc) is 3.37. The van der Waals surface area contributed by atoms with Crippen LogP contribution in [0.25, 0.3) is 11.0 Å². The van der Waals surface area contributed by atoms with Gasteiger partial charge in [-0.3, -0.25) is 9.78 Å². The van der Waals surface area contributed by atoms with Crippen molar-refractivity contribution in [1.29, 1.82) is 0 Å². The summed E-state index contributed by atoms with van der Waals surface area (Å²) in [4.78, 5) is 31.4. The smallest absolute Gasteiger partial charge is 0.246 e. The highest BCUT2D eigenvalue weighted by molar-refractivity contribution is 6.32. The lowest BCUT2D eigenvalue weighted by atomic mass is 10.2. The van der Waals surface area contributed by atoms with Gasteiger partial charge in [0.2, 0.25) is 5.91 Å². The zero-order chi connectivity index (χ0) is 24.9. The third-order valence-electron chi connectivity index (χ3n) is 5.80. The van der Waals surface area contributed by atoms with Crippen LogP contribution in [0, 0.1) is 0 Å². The minimum atomic E-state index is -0.0579. The van der Waals surface area contributed by atoms with E-state index in [0.29, 0.717) is 53.1 Å². The monoisotopic (exact) mass is 501 g/mol. The minimum Gasteiger partial charge on any atom is -0.486 e. The molecule has 10 heteroatoms. The van der Waals surface area contributed by atoms with E-state index in [-0.39, 0.29) is 11.9 Å². The van der Waals surface area contributed by atoms with E-state index in [0.717, 1.165) is 17.8 Å². The van der Waals surface area contributed by atoms with Crippen molar-refractivity contribution in [3.05, 3.63) is 84.4 Å². The Morgan fingerprint density at radius 2 is 2.11 bits per heavy atom. The summed E-state index contributed by atoms with van der Waals surface area (Å²) in [6.45, 7) is 5.18. The van der Waals surface area contributed by atoms with Crippen LogP contribution in [0.3, 0.4) is 0 Å². The van der Waals surface area contributed by atoms with Gasteiger partial charge in [0, 0.05) is 31.0 Å². The van der Waals surface area contributed by atoms with Crippen LogP contribution in [-0.4, -0.2) is 49.9 Å². The van der Waals surface area contributed by atoms with Gasteiger partial charge >= 0.3 is 0 Å². The number of anilines is 3. The molecule has 1 fully saturated rings. The number of halogens is 1. The largest absolute Gasteiger partial charge is 0.486 e. The first-order chi connectivity index (χ1) is 17.6. The standard InChI is InChI=1S/C26H24ClN7O2/c1-2-24(35)34-12-10-18(14-34)31-23-9-7-21-25(33-23)26(30-16-29-21)32-17-6-8-22(20(27)13-17)36-15-19-5-3-4-11-28-19/h2-9,11,13,16,18H,1,10,12,14-15H2,(H,31,33)(H,29,30,32). The maximum atomic E-state index is 11.9. The molecular formula is C26H24ClN7O2. The molecule has 2 N–H and O–H groups in total. The molecule has 4 aromatic rings. The Balaban J connectivity index is 1.30. The number of hydrogen-bond donors (Lipinski definition) is 2. The molecule has 0 aliphatic carbocycles. The van der Waals surface area contributed by atoms with Gasteiger partial charge in [-0.05, 0) is 55.0 Å². The quantitative estimate of drug-likeness (QED) is 0.338. The Morgan fingerprint density at radius 1 is 1.19 bits per heavy atom. The van der Waals surface area contributed by atoms with Gasteiger partial charge in [0.1, 0.15) is 30.0 Å². The first-order valence-electron chi connectivity index (χ1n) is 11.5. The van der Waals surface area contributed by atoms with Gasteiger partial charge in [-0.2, -0.15) is 0 Å². The first-order valence-corrected chi connectivity index (χ1v) is 11.9. The molecule has 1 amide bonds. The van der Waals surface area contributed by atoms with Crippen LogP contribution in [0.4, 0.5) is 17.3 Å². The molecule has 4 heterocycles. The molecule has 0 spiro atoms. The number of nitrogens with one attached hydrogen (secondary N) is 2. The number of carbonyl (C=O) groups is 1. The Bertz CT molecular complexity index is 1400. The maximum Gasteiger partial charge on any atom is 0.246 e. The molecule has 1 atom stereocenters. The molecule has 1 saturated heterocycles. The van der Waals surface area contributed by atoms with Crippen LogP contribution in [0.5, 0.6) is 5.75 Å². The lowest BCUT2D eigenvalue weighted by Gasteiger charge is -2.16. The van der Waals surface area contributed by atoms with Crippen molar-refractivity contribution >= 4 is 45.9 Å². The van der Waals surface area contributed by atoms with Crippen molar-refractivity contribution in [2.24, 2.45) is 0 Å². The molecule has 36 heavy (non-hydrogen) atoms. The second kappa shape index (κ2) is 10.6. The molecule has 3 aromatic heterocycles. The van der Waals surface area contributed by atoms with E-state index in [9.17, 15) is 4.79 Å². The van der Waals surface area contributed by atoms with Crippen LogP contribution in [0.2, 0.25) is 5.02 Å². The predicted molar refractivity (Wildman–Crippen MR) is 139 cm³/mol. The summed E-state index contributed by atoms with van der Waals surface area (Å²) >= 11 is 6.47. The number of amides is 1. The summed E-state index contributed by atoms with van der Waals surface area (Å²) in [6, 6.07) is 15.0. The molecular weight excluding hydrogens is 478 g/mol. The van der Waals surface area contributed by atoms with Crippen LogP contribution in [0.15, 0.2) is 73.7 Å². The first kappa shape index (κ1) is 23.5. The average molecular weight is 502 g/mol. The van der Waals surface area contributed by atoms with Gasteiger partial charge in [-0.1, -0.05) is 24.2 Å². The van der Waals surface area contributed by atoms with E-state index in [1.54, 1.807) is 23.2 Å². The number of rotatable bonds is 8. The zero-order valence-electron chi connectivity index (χ0n) is 19.4. The molecule has 1 aliphatic rings. The Hall–Kier alpha value is -4.24. The third-order valence-corrected chi connectivity index (χ3v) is 6.10. The van der Waals surface area contributed by atoms with Gasteiger partial charge in [0.15, 0.2) is 5.82 Å². The lowest BCUT2D eigenvalue weighted by molar-refractivity contribution is -0.125. The van der Waals surface area contributed by atoms with Crippen molar-refractivity contribution in [1.82, 2.24) is 24.8 Å². The van der Waals surface area contributed by atoms with E-state index in [1.165, 1.54) is 12.4 Å². The Labute approximate surface area is 213 Å². The second-order valence-corrected chi connectivity index (χ2v) is 8.69. The second-order valence-electron chi connectivity index (χ2n) is 8.28. The van der Waals surface area contributed by atoms with E-state index < -0.39 is 0 Å². The summed E-state index contributed by atoms with van der Waals surface area (Å²) in [7, 11) is 0. The number of aromatic nitrogens is 4. The molecule has 5 rings (SSSR count). The summed E-state index contributed by atoms with van der Waals surface area (Å²) in [5.74, 6) is 1.74. The van der Waals surface area contributed by atoms with Crippen molar-refractivity contribution in [2.45, 2.75) is 19.1 Å². The molecule has 0 saturated carbocycles. The number of fused-ring (bicyclic) bond motifs is 1. The van der Waals surface area contributed by atoms with Crippen LogP contribution in [0.1, 0.15) is 12.1 Å². The van der Waals surface area contributed by atoms with Crippen LogP contribution >= 0.6 is 11.6 Å². The van der Waals surface area contributed by atoms with E-state index in [1.807, 2.05) is 36.4 Å². The lowest BCUT2D eigenvalue weighted by Crippen LogP contribution is -2.30. The van der Waals surface area contributed by atoms with Crippen molar-refractivity contribution in [2.75, 3.05) is 23.7 Å². The fraction of sp³-hybridized carbons (Fsp3) is 0.192. The highest BCUT2D eigenvalue weighted by atomic mass is 35.5. The minimum absolute atomic E-state index is 0.0579. The van der Waals surface area contributed by atoms with Crippen molar-refractivity contribution in [3.8, 4) is 5.75 Å². The summed E-state index contributed by atoms with van der Waals surface area (Å²) in [5, 5.41) is 7.16. The zero-order valence-corrected chi connectivity index (χ0v) is 20.2. The van der Waals surface area contributed by atoms with Gasteiger partial charge in [-0.25, -0.2) is 15.0 Å². The predicted octanol–water partition coefficient (Wildman–Crippen LogP) is 4.59. The van der Waals surface area contributed by atoms with E-state index in [2.05, 4.69) is 32.2 Å². The Kier molecular flexibility index (Phi) is 6.90. The summed E-state index contributed by atoms with van der Waals surface area (Å²) in [6.07, 6.45) is 5.39. The molecule has 1 unspecified atom stereocenters. The van der Waals surface area contributed by atoms with E-state index in [4.69, 9.17) is 21.3 Å². The fourth-order valence-electron chi connectivity index (χ4n) is 4.00. The van der Waals surface area contributed by atoms with Gasteiger partial charge in [0.25, 0.3) is 0 Å².